The van der Waals surface area contributed by atoms with E-state index in [0.717, 1.165) is 16.9 Å². The maximum atomic E-state index is 14.4. The van der Waals surface area contributed by atoms with Crippen LogP contribution in [-0.2, 0) is 36.9 Å². The van der Waals surface area contributed by atoms with Gasteiger partial charge < -0.3 is 25.2 Å². The molecule has 10 nitrogen and oxygen atoms in total. The zero-order valence-electron chi connectivity index (χ0n) is 25.7. The molecule has 4 atom stereocenters. The number of nitrogens with zero attached hydrogens (tertiary/aromatic N) is 1. The number of benzene rings is 2. The number of hydrogen-bond acceptors (Lipinski definition) is 8. The summed E-state index contributed by atoms with van der Waals surface area (Å²) in [5.74, 6) is -2.63. The molecule has 10 heteroatoms. The Balaban J connectivity index is 1.98. The average Bonchev–Trinajstić information content (AvgIpc) is 3.50. The molecule has 0 aromatic heterocycles. The van der Waals surface area contributed by atoms with Crippen LogP contribution in [0.15, 0.2) is 60.7 Å². The molecule has 0 spiro atoms. The summed E-state index contributed by atoms with van der Waals surface area (Å²) in [6, 6.07) is 14.9. The number of rotatable bonds is 12. The molecule has 0 bridgehead atoms. The second-order valence-corrected chi connectivity index (χ2v) is 12.3. The zero-order chi connectivity index (χ0) is 31.6. The fourth-order valence-electron chi connectivity index (χ4n) is 4.96. The fourth-order valence-corrected chi connectivity index (χ4v) is 4.96. The van der Waals surface area contributed by atoms with Crippen molar-refractivity contribution in [3.05, 3.63) is 71.8 Å². The maximum absolute atomic E-state index is 14.4. The number of aliphatic hydroxyl groups is 1. The molecule has 2 aromatic carbocycles. The third-order valence-electron chi connectivity index (χ3n) is 6.98. The number of nitrogens with one attached hydrogen (secondary N) is 2. The maximum Gasteiger partial charge on any atom is 0.408 e. The van der Waals surface area contributed by atoms with Gasteiger partial charge in [0.2, 0.25) is 0 Å². The molecule has 1 saturated heterocycles. The highest BCUT2D eigenvalue weighted by Crippen LogP contribution is 2.22. The highest BCUT2D eigenvalue weighted by Gasteiger charge is 2.44. The van der Waals surface area contributed by atoms with Crippen molar-refractivity contribution in [3.8, 4) is 0 Å². The molecule has 3 N–H and O–H groups in total. The SMILES string of the molecule is CC(C)C[C@@H](C(=O)OC(C)(C)C)N(C(=O)C(O)C1CCCN1)C(=O)[C@H](Cc1ccccc1)NC(=O)OCc1ccccc1. The molecular formula is C33H45N3O7. The van der Waals surface area contributed by atoms with Crippen molar-refractivity contribution in [2.75, 3.05) is 6.54 Å². The average molecular weight is 596 g/mol. The molecule has 3 amide bonds. The Labute approximate surface area is 254 Å². The van der Waals surface area contributed by atoms with Gasteiger partial charge in [0, 0.05) is 12.5 Å². The molecule has 43 heavy (non-hydrogen) atoms. The van der Waals surface area contributed by atoms with Crippen molar-refractivity contribution in [3.63, 3.8) is 0 Å². The minimum absolute atomic E-state index is 0.0182. The Morgan fingerprint density at radius 2 is 1.58 bits per heavy atom. The van der Waals surface area contributed by atoms with E-state index in [1.54, 1.807) is 57.2 Å². The molecule has 0 saturated carbocycles. The first-order valence-corrected chi connectivity index (χ1v) is 14.9. The lowest BCUT2D eigenvalue weighted by molar-refractivity contribution is -0.172. The summed E-state index contributed by atoms with van der Waals surface area (Å²) in [5.41, 5.74) is 0.584. The van der Waals surface area contributed by atoms with E-state index >= 15 is 0 Å². The van der Waals surface area contributed by atoms with Crippen molar-refractivity contribution >= 4 is 23.9 Å². The lowest BCUT2D eigenvalue weighted by Gasteiger charge is -2.36. The molecule has 3 rings (SSSR count). The van der Waals surface area contributed by atoms with Crippen molar-refractivity contribution in [1.29, 1.82) is 0 Å². The summed E-state index contributed by atoms with van der Waals surface area (Å²) < 4.78 is 11.1. The van der Waals surface area contributed by atoms with E-state index in [1.807, 2.05) is 38.1 Å². The number of esters is 1. The van der Waals surface area contributed by atoms with Gasteiger partial charge in [-0.3, -0.25) is 14.5 Å². The Morgan fingerprint density at radius 1 is 0.977 bits per heavy atom. The fraction of sp³-hybridized carbons (Fsp3) is 0.515. The second-order valence-electron chi connectivity index (χ2n) is 12.3. The van der Waals surface area contributed by atoms with Gasteiger partial charge in [0.15, 0.2) is 0 Å². The van der Waals surface area contributed by atoms with Crippen LogP contribution in [-0.4, -0.2) is 70.3 Å². The smallest absolute Gasteiger partial charge is 0.408 e. The van der Waals surface area contributed by atoms with Crippen LogP contribution in [0.4, 0.5) is 4.79 Å². The number of imide groups is 1. The number of carbonyl (C=O) groups is 4. The molecule has 1 fully saturated rings. The first-order valence-electron chi connectivity index (χ1n) is 14.9. The lowest BCUT2D eigenvalue weighted by Crippen LogP contribution is -2.61. The highest BCUT2D eigenvalue weighted by molar-refractivity contribution is 6.04. The highest BCUT2D eigenvalue weighted by atomic mass is 16.6. The Hall–Kier alpha value is -3.76. The van der Waals surface area contributed by atoms with Gasteiger partial charge in [0.05, 0.1) is 0 Å². The molecule has 0 radical (unpaired) electrons. The number of amides is 3. The van der Waals surface area contributed by atoms with Crippen LogP contribution in [0.1, 0.15) is 65.0 Å². The van der Waals surface area contributed by atoms with Gasteiger partial charge >= 0.3 is 12.1 Å². The van der Waals surface area contributed by atoms with Crippen molar-refractivity contribution in [1.82, 2.24) is 15.5 Å². The summed E-state index contributed by atoms with van der Waals surface area (Å²) >= 11 is 0. The Bertz CT molecular complexity index is 1210. The Morgan fingerprint density at radius 3 is 2.12 bits per heavy atom. The van der Waals surface area contributed by atoms with Crippen molar-refractivity contribution < 1.29 is 33.8 Å². The van der Waals surface area contributed by atoms with Crippen LogP contribution in [0.25, 0.3) is 0 Å². The zero-order valence-corrected chi connectivity index (χ0v) is 25.7. The normalized spacial score (nSPS) is 17.0. The number of aliphatic hydroxyl groups excluding tert-OH is 1. The van der Waals surface area contributed by atoms with Gasteiger partial charge in [0.25, 0.3) is 11.8 Å². The van der Waals surface area contributed by atoms with Crippen molar-refractivity contribution in [2.24, 2.45) is 5.92 Å². The molecule has 2 unspecified atom stereocenters. The summed E-state index contributed by atoms with van der Waals surface area (Å²) in [5, 5.41) is 16.8. The largest absolute Gasteiger partial charge is 0.458 e. The monoisotopic (exact) mass is 595 g/mol. The topological polar surface area (TPSA) is 134 Å². The second kappa shape index (κ2) is 15.6. The van der Waals surface area contributed by atoms with Crippen LogP contribution in [0.5, 0.6) is 0 Å². The molecule has 1 aliphatic heterocycles. The van der Waals surface area contributed by atoms with Gasteiger partial charge in [-0.05, 0) is 63.6 Å². The van der Waals surface area contributed by atoms with Gasteiger partial charge in [-0.15, -0.1) is 0 Å². The van der Waals surface area contributed by atoms with Gasteiger partial charge in [-0.25, -0.2) is 9.59 Å². The van der Waals surface area contributed by atoms with Crippen LogP contribution >= 0.6 is 0 Å². The minimum atomic E-state index is -1.58. The predicted octanol–water partition coefficient (Wildman–Crippen LogP) is 3.75. The van der Waals surface area contributed by atoms with E-state index in [2.05, 4.69) is 10.6 Å². The minimum Gasteiger partial charge on any atom is -0.458 e. The quantitative estimate of drug-likeness (QED) is 0.316. The molecular weight excluding hydrogens is 550 g/mol. The molecule has 0 aliphatic carbocycles. The first kappa shape index (κ1) is 33.7. The van der Waals surface area contributed by atoms with Crippen LogP contribution < -0.4 is 10.6 Å². The Kier molecular flexibility index (Phi) is 12.3. The van der Waals surface area contributed by atoms with Gasteiger partial charge in [-0.1, -0.05) is 74.5 Å². The number of alkyl carbamates (subject to hydrolysis) is 1. The molecule has 1 heterocycles. The third kappa shape index (κ3) is 10.5. The van der Waals surface area contributed by atoms with Crippen LogP contribution in [0.2, 0.25) is 0 Å². The third-order valence-corrected chi connectivity index (χ3v) is 6.98. The summed E-state index contributed by atoms with van der Waals surface area (Å²) in [4.78, 5) is 55.8. The number of hydrogen-bond donors (Lipinski definition) is 3. The summed E-state index contributed by atoms with van der Waals surface area (Å²) in [7, 11) is 0. The molecule has 234 valence electrons. The van der Waals surface area contributed by atoms with E-state index < -0.39 is 53.7 Å². The van der Waals surface area contributed by atoms with Crippen LogP contribution in [0, 0.1) is 5.92 Å². The molecule has 2 aromatic rings. The van der Waals surface area contributed by atoms with E-state index in [4.69, 9.17) is 9.47 Å². The predicted molar refractivity (Wildman–Crippen MR) is 162 cm³/mol. The number of carbonyl (C=O) groups excluding carboxylic acids is 4. The standard InChI is InChI=1S/C33H45N3O7/c1-22(2)19-27(31(40)43-33(3,4)5)36(30(39)28(37)25-17-12-18-34-25)29(38)26(20-23-13-8-6-9-14-23)35-32(41)42-21-24-15-10-7-11-16-24/h6-11,13-16,22,25-28,34,37H,12,17-21H2,1-5H3,(H,35,41)/t25?,26-,27-,28?/m0/s1. The first-order chi connectivity index (χ1) is 20.4. The van der Waals surface area contributed by atoms with Gasteiger partial charge in [0.1, 0.15) is 30.4 Å². The van der Waals surface area contributed by atoms with E-state index in [-0.39, 0.29) is 25.4 Å². The van der Waals surface area contributed by atoms with Gasteiger partial charge in [-0.2, -0.15) is 0 Å². The summed E-state index contributed by atoms with van der Waals surface area (Å²) in [6.45, 7) is 9.42. The molecule has 1 aliphatic rings. The van der Waals surface area contributed by atoms with E-state index in [1.165, 1.54) is 0 Å². The summed E-state index contributed by atoms with van der Waals surface area (Å²) in [6.07, 6.45) is -1.02. The number of ether oxygens (including phenoxy) is 2. The van der Waals surface area contributed by atoms with E-state index in [0.29, 0.717) is 18.5 Å². The lowest BCUT2D eigenvalue weighted by atomic mass is 9.97. The van der Waals surface area contributed by atoms with E-state index in [9.17, 15) is 24.3 Å². The van der Waals surface area contributed by atoms with Crippen molar-refractivity contribution in [2.45, 2.75) is 96.7 Å². The van der Waals surface area contributed by atoms with Crippen LogP contribution in [0.3, 0.4) is 0 Å².